The van der Waals surface area contributed by atoms with Crippen LogP contribution in [0.25, 0.3) is 0 Å². The highest BCUT2D eigenvalue weighted by molar-refractivity contribution is 5.86. The molecule has 1 aromatic carbocycles. The Morgan fingerprint density at radius 3 is 2.28 bits per heavy atom. The minimum atomic E-state index is -0.310. The van der Waals surface area contributed by atoms with Crippen molar-refractivity contribution in [3.8, 4) is 0 Å². The summed E-state index contributed by atoms with van der Waals surface area (Å²) in [6.45, 7) is 3.91. The van der Waals surface area contributed by atoms with Gasteiger partial charge < -0.3 is 0 Å². The van der Waals surface area contributed by atoms with Crippen LogP contribution in [0.1, 0.15) is 63.0 Å². The molecule has 4 fully saturated rings. The third-order valence-electron chi connectivity index (χ3n) is 6.84. The molecule has 0 spiro atoms. The van der Waals surface area contributed by atoms with Crippen LogP contribution in [0.3, 0.4) is 0 Å². The summed E-state index contributed by atoms with van der Waals surface area (Å²) in [4.78, 5) is 24.6. The standard InChI is InChI=1S/C21H28N2O2/c1-3-18(24)22-23-19(25)21-11-15-8-16(12-21)10-20(9-15,13-21)17-6-4-14(2)5-7-17/h4-7,15-16H,3,8-13H2,1-2H3,(H,22,24)(H,23,25). The lowest BCUT2D eigenvalue weighted by Gasteiger charge is -2.61. The van der Waals surface area contributed by atoms with Crippen LogP contribution in [-0.2, 0) is 15.0 Å². The molecule has 0 aliphatic heterocycles. The van der Waals surface area contributed by atoms with Gasteiger partial charge in [0.2, 0.25) is 11.8 Å². The number of hydrogen-bond acceptors (Lipinski definition) is 2. The van der Waals surface area contributed by atoms with Crippen molar-refractivity contribution in [2.45, 2.75) is 64.2 Å². The first-order valence-electron chi connectivity index (χ1n) is 9.61. The second-order valence-electron chi connectivity index (χ2n) is 8.74. The van der Waals surface area contributed by atoms with Crippen LogP contribution in [0.4, 0.5) is 0 Å². The van der Waals surface area contributed by atoms with Crippen molar-refractivity contribution in [3.63, 3.8) is 0 Å². The van der Waals surface area contributed by atoms with Crippen molar-refractivity contribution in [1.29, 1.82) is 0 Å². The van der Waals surface area contributed by atoms with Crippen molar-refractivity contribution in [2.24, 2.45) is 17.3 Å². The second kappa shape index (κ2) is 5.86. The van der Waals surface area contributed by atoms with Gasteiger partial charge in [0.15, 0.2) is 0 Å². The van der Waals surface area contributed by atoms with Gasteiger partial charge >= 0.3 is 0 Å². The molecule has 4 aliphatic rings. The van der Waals surface area contributed by atoms with Gasteiger partial charge in [-0.2, -0.15) is 0 Å². The van der Waals surface area contributed by atoms with Crippen LogP contribution in [0.2, 0.25) is 0 Å². The molecule has 4 saturated carbocycles. The number of amides is 2. The Morgan fingerprint density at radius 1 is 1.04 bits per heavy atom. The Kier molecular flexibility index (Phi) is 3.89. The maximum atomic E-state index is 13.0. The fourth-order valence-corrected chi connectivity index (χ4v) is 6.12. The van der Waals surface area contributed by atoms with E-state index in [0.29, 0.717) is 18.3 Å². The van der Waals surface area contributed by atoms with Crippen LogP contribution in [0.5, 0.6) is 0 Å². The maximum Gasteiger partial charge on any atom is 0.244 e. The van der Waals surface area contributed by atoms with E-state index in [1.807, 2.05) is 0 Å². The molecule has 4 nitrogen and oxygen atoms in total. The normalized spacial score (nSPS) is 35.4. The number of nitrogens with one attached hydrogen (secondary N) is 2. The molecule has 134 valence electrons. The topological polar surface area (TPSA) is 58.2 Å². The van der Waals surface area contributed by atoms with Crippen LogP contribution in [0, 0.1) is 24.2 Å². The zero-order valence-corrected chi connectivity index (χ0v) is 15.2. The summed E-state index contributed by atoms with van der Waals surface area (Å²) in [5.74, 6) is 1.16. The van der Waals surface area contributed by atoms with Crippen LogP contribution in [-0.4, -0.2) is 11.8 Å². The van der Waals surface area contributed by atoms with Crippen molar-refractivity contribution >= 4 is 11.8 Å². The summed E-state index contributed by atoms with van der Waals surface area (Å²) >= 11 is 0. The van der Waals surface area contributed by atoms with E-state index < -0.39 is 0 Å². The lowest BCUT2D eigenvalue weighted by molar-refractivity contribution is -0.151. The molecule has 0 saturated heterocycles. The van der Waals surface area contributed by atoms with E-state index in [9.17, 15) is 9.59 Å². The van der Waals surface area contributed by atoms with E-state index in [0.717, 1.165) is 19.3 Å². The van der Waals surface area contributed by atoms with Crippen LogP contribution in [0.15, 0.2) is 24.3 Å². The number of rotatable bonds is 3. The number of carbonyl (C=O) groups is 2. The third kappa shape index (κ3) is 2.76. The molecule has 0 radical (unpaired) electrons. The molecule has 0 aromatic heterocycles. The smallest absolute Gasteiger partial charge is 0.244 e. The summed E-state index contributed by atoms with van der Waals surface area (Å²) in [6.07, 6.45) is 6.95. The van der Waals surface area contributed by atoms with Crippen LogP contribution < -0.4 is 10.9 Å². The van der Waals surface area contributed by atoms with E-state index in [2.05, 4.69) is 42.0 Å². The van der Waals surface area contributed by atoms with Gasteiger partial charge in [-0.05, 0) is 68.3 Å². The fourth-order valence-electron chi connectivity index (χ4n) is 6.12. The van der Waals surface area contributed by atoms with Gasteiger partial charge in [0.05, 0.1) is 5.41 Å². The second-order valence-corrected chi connectivity index (χ2v) is 8.74. The highest BCUT2D eigenvalue weighted by Gasteiger charge is 2.60. The average Bonchev–Trinajstić information content (AvgIpc) is 2.58. The molecule has 2 N–H and O–H groups in total. The molecule has 4 bridgehead atoms. The van der Waals surface area contributed by atoms with E-state index in [-0.39, 0.29) is 22.6 Å². The Morgan fingerprint density at radius 2 is 1.68 bits per heavy atom. The monoisotopic (exact) mass is 340 g/mol. The fraction of sp³-hybridized carbons (Fsp3) is 0.619. The number of benzene rings is 1. The molecule has 1 aromatic rings. The lowest BCUT2D eigenvalue weighted by Crippen LogP contribution is -2.60. The quantitative estimate of drug-likeness (QED) is 0.829. The largest absolute Gasteiger partial charge is 0.273 e. The molecule has 0 heterocycles. The molecule has 2 atom stereocenters. The Hall–Kier alpha value is -1.84. The zero-order chi connectivity index (χ0) is 17.7. The summed E-state index contributed by atoms with van der Waals surface area (Å²) < 4.78 is 0. The Bertz CT molecular complexity index is 680. The molecule has 4 heteroatoms. The summed E-state index contributed by atoms with van der Waals surface area (Å²) in [5.41, 5.74) is 7.83. The van der Waals surface area contributed by atoms with Gasteiger partial charge in [-0.15, -0.1) is 0 Å². The Labute approximate surface area is 149 Å². The lowest BCUT2D eigenvalue weighted by atomic mass is 9.42. The first-order chi connectivity index (χ1) is 11.9. The highest BCUT2D eigenvalue weighted by Crippen LogP contribution is 2.65. The SMILES string of the molecule is CCC(=O)NNC(=O)C12CC3CC(C1)CC(c1ccc(C)cc1)(C3)C2. The predicted molar refractivity (Wildman–Crippen MR) is 96.5 cm³/mol. The van der Waals surface area contributed by atoms with Crippen LogP contribution >= 0.6 is 0 Å². The number of carbonyl (C=O) groups excluding carboxylic acids is 2. The van der Waals surface area contributed by atoms with Crippen molar-refractivity contribution in [3.05, 3.63) is 35.4 Å². The van der Waals surface area contributed by atoms with E-state index in [1.54, 1.807) is 6.92 Å². The van der Waals surface area contributed by atoms with Gasteiger partial charge in [-0.3, -0.25) is 20.4 Å². The minimum absolute atomic E-state index is 0.0277. The summed E-state index contributed by atoms with van der Waals surface area (Å²) in [7, 11) is 0. The number of hydrogen-bond donors (Lipinski definition) is 2. The molecule has 4 aliphatic carbocycles. The van der Waals surface area contributed by atoms with E-state index >= 15 is 0 Å². The van der Waals surface area contributed by atoms with Gasteiger partial charge in [-0.1, -0.05) is 36.8 Å². The Balaban J connectivity index is 1.61. The maximum absolute atomic E-state index is 13.0. The van der Waals surface area contributed by atoms with Gasteiger partial charge in [0.25, 0.3) is 0 Å². The molecule has 25 heavy (non-hydrogen) atoms. The van der Waals surface area contributed by atoms with Gasteiger partial charge in [0.1, 0.15) is 0 Å². The molecular weight excluding hydrogens is 312 g/mol. The zero-order valence-electron chi connectivity index (χ0n) is 15.2. The number of aryl methyl sites for hydroxylation is 1. The molecule has 2 amide bonds. The summed E-state index contributed by atoms with van der Waals surface area (Å²) in [6, 6.07) is 8.93. The van der Waals surface area contributed by atoms with Gasteiger partial charge in [0, 0.05) is 6.42 Å². The minimum Gasteiger partial charge on any atom is -0.273 e. The van der Waals surface area contributed by atoms with Crippen molar-refractivity contribution < 1.29 is 9.59 Å². The molecular formula is C21H28N2O2. The summed E-state index contributed by atoms with van der Waals surface area (Å²) in [5, 5.41) is 0. The molecule has 2 unspecified atom stereocenters. The average molecular weight is 340 g/mol. The predicted octanol–water partition coefficient (Wildman–Crippen LogP) is 3.39. The van der Waals surface area contributed by atoms with Crippen molar-refractivity contribution in [1.82, 2.24) is 10.9 Å². The first kappa shape index (κ1) is 16.6. The van der Waals surface area contributed by atoms with Crippen molar-refractivity contribution in [2.75, 3.05) is 0 Å². The van der Waals surface area contributed by atoms with E-state index in [4.69, 9.17) is 0 Å². The molecule has 5 rings (SSSR count). The first-order valence-corrected chi connectivity index (χ1v) is 9.61. The van der Waals surface area contributed by atoms with Gasteiger partial charge in [-0.25, -0.2) is 0 Å². The number of hydrazine groups is 1. The highest BCUT2D eigenvalue weighted by atomic mass is 16.2. The van der Waals surface area contributed by atoms with E-state index in [1.165, 1.54) is 30.4 Å². The third-order valence-corrected chi connectivity index (χ3v) is 6.84.